The van der Waals surface area contributed by atoms with E-state index in [9.17, 15) is 37.3 Å². The highest BCUT2D eigenvalue weighted by atomic mass is 35.5. The van der Waals surface area contributed by atoms with Gasteiger partial charge in [0.1, 0.15) is 17.3 Å². The summed E-state index contributed by atoms with van der Waals surface area (Å²) >= 11 is 5.88. The maximum atomic E-state index is 14.4. The summed E-state index contributed by atoms with van der Waals surface area (Å²) in [5, 5.41) is 10.7. The summed E-state index contributed by atoms with van der Waals surface area (Å²) < 4.78 is 58.0. The molecule has 0 saturated carbocycles. The van der Waals surface area contributed by atoms with Crippen LogP contribution in [0.3, 0.4) is 0 Å². The maximum absolute atomic E-state index is 14.4. The number of aromatic nitrogens is 2. The Morgan fingerprint density at radius 2 is 1.77 bits per heavy atom. The molecule has 0 amide bonds. The lowest BCUT2D eigenvalue weighted by Gasteiger charge is -2.13. The Morgan fingerprint density at radius 1 is 1.10 bits per heavy atom. The minimum absolute atomic E-state index is 0.0814. The Hall–Kier alpha value is -3.67. The third-order valence-corrected chi connectivity index (χ3v) is 4.06. The van der Waals surface area contributed by atoms with Crippen molar-refractivity contribution in [3.8, 4) is 17.2 Å². The molecule has 0 saturated heterocycles. The molecule has 0 aliphatic carbocycles. The minimum Gasteiger partial charge on any atom is -0.448 e. The molecular formula is C17H8ClF4N3O5. The van der Waals surface area contributed by atoms with Crippen molar-refractivity contribution in [1.29, 1.82) is 0 Å². The molecule has 30 heavy (non-hydrogen) atoms. The zero-order valence-electron chi connectivity index (χ0n) is 14.4. The molecule has 13 heteroatoms. The van der Waals surface area contributed by atoms with Crippen LogP contribution >= 0.6 is 11.6 Å². The highest BCUT2D eigenvalue weighted by Gasteiger charge is 2.33. The maximum Gasteiger partial charge on any atom is 0.431 e. The Labute approximate surface area is 168 Å². The summed E-state index contributed by atoms with van der Waals surface area (Å²) in [7, 11) is 0. The van der Waals surface area contributed by atoms with Gasteiger partial charge in [-0.05, 0) is 12.1 Å². The number of nitro groups is 1. The lowest BCUT2D eigenvalue weighted by molar-refractivity contribution is -0.385. The van der Waals surface area contributed by atoms with Gasteiger partial charge in [0.25, 0.3) is 5.56 Å². The van der Waals surface area contributed by atoms with Crippen LogP contribution in [0.2, 0.25) is 5.02 Å². The number of nitrogens with zero attached hydrogens (tertiary/aromatic N) is 2. The number of nitro benzene ring substituents is 1. The molecule has 1 aromatic heterocycles. The summed E-state index contributed by atoms with van der Waals surface area (Å²) in [6.45, 7) is 0. The van der Waals surface area contributed by atoms with Crippen LogP contribution in [0.15, 0.2) is 52.1 Å². The molecule has 0 spiro atoms. The second kappa shape index (κ2) is 7.63. The number of hydrogen-bond acceptors (Lipinski definition) is 5. The summed E-state index contributed by atoms with van der Waals surface area (Å²) in [4.78, 5) is 35.9. The average Bonchev–Trinajstić information content (AvgIpc) is 2.64. The molecule has 3 rings (SSSR count). The smallest absolute Gasteiger partial charge is 0.431 e. The number of para-hydroxylation sites is 2. The van der Waals surface area contributed by atoms with Gasteiger partial charge in [0, 0.05) is 18.2 Å². The largest absolute Gasteiger partial charge is 0.448 e. The molecule has 0 radical (unpaired) electrons. The van der Waals surface area contributed by atoms with Gasteiger partial charge in [0.15, 0.2) is 0 Å². The summed E-state index contributed by atoms with van der Waals surface area (Å²) in [6.07, 6.45) is -5.00. The molecule has 0 aliphatic heterocycles. The fraction of sp³-hybridized carbons (Fsp3) is 0.0588. The molecule has 8 nitrogen and oxygen atoms in total. The topological polar surface area (TPSA) is 107 Å². The molecule has 0 atom stereocenters. The minimum atomic E-state index is -5.00. The first-order valence-electron chi connectivity index (χ1n) is 7.83. The van der Waals surface area contributed by atoms with Crippen LogP contribution < -0.4 is 16.0 Å². The van der Waals surface area contributed by atoms with Gasteiger partial charge in [0.05, 0.1) is 15.6 Å². The lowest BCUT2D eigenvalue weighted by atomic mass is 10.2. The normalized spacial score (nSPS) is 11.4. The van der Waals surface area contributed by atoms with E-state index in [1.807, 2.05) is 0 Å². The van der Waals surface area contributed by atoms with E-state index in [-0.39, 0.29) is 27.2 Å². The van der Waals surface area contributed by atoms with Crippen molar-refractivity contribution >= 4 is 17.3 Å². The molecule has 0 aliphatic rings. The number of aromatic amines is 1. The van der Waals surface area contributed by atoms with Crippen molar-refractivity contribution in [2.45, 2.75) is 6.18 Å². The van der Waals surface area contributed by atoms with E-state index >= 15 is 0 Å². The van der Waals surface area contributed by atoms with Crippen LogP contribution in [0, 0.1) is 15.9 Å². The Bertz CT molecular complexity index is 1240. The Balaban J connectivity index is 2.15. The number of alkyl halides is 3. The van der Waals surface area contributed by atoms with Gasteiger partial charge in [-0.15, -0.1) is 0 Å². The van der Waals surface area contributed by atoms with E-state index in [0.29, 0.717) is 6.07 Å². The zero-order chi connectivity index (χ0) is 22.2. The summed E-state index contributed by atoms with van der Waals surface area (Å²) in [5.41, 5.74) is -5.87. The first kappa shape index (κ1) is 21.0. The molecule has 2 aromatic carbocycles. The number of halogens is 5. The van der Waals surface area contributed by atoms with Gasteiger partial charge < -0.3 is 9.72 Å². The third kappa shape index (κ3) is 4.03. The van der Waals surface area contributed by atoms with Crippen LogP contribution in [0.4, 0.5) is 23.2 Å². The van der Waals surface area contributed by atoms with E-state index in [2.05, 4.69) is 0 Å². The molecule has 0 unspecified atom stereocenters. The van der Waals surface area contributed by atoms with Crippen molar-refractivity contribution in [2.75, 3.05) is 0 Å². The second-order valence-electron chi connectivity index (χ2n) is 5.72. The molecule has 0 bridgehead atoms. The summed E-state index contributed by atoms with van der Waals surface area (Å²) in [6, 6.07) is 6.60. The van der Waals surface area contributed by atoms with Gasteiger partial charge in [-0.25, -0.2) is 13.8 Å². The SMILES string of the molecule is O=c1cc(C(F)(F)F)[nH]c(=O)n1-c1cc(Oc2ccccc2[N+](=O)[O-])c(Cl)cc1F. The zero-order valence-corrected chi connectivity index (χ0v) is 15.1. The molecule has 3 aromatic rings. The van der Waals surface area contributed by atoms with E-state index in [4.69, 9.17) is 16.3 Å². The van der Waals surface area contributed by atoms with Crippen LogP contribution in [0.5, 0.6) is 11.5 Å². The Kier molecular flexibility index (Phi) is 5.35. The number of benzene rings is 2. The van der Waals surface area contributed by atoms with Crippen LogP contribution in [-0.2, 0) is 6.18 Å². The van der Waals surface area contributed by atoms with Gasteiger partial charge in [-0.2, -0.15) is 13.2 Å². The van der Waals surface area contributed by atoms with Gasteiger partial charge >= 0.3 is 17.6 Å². The van der Waals surface area contributed by atoms with E-state index in [1.165, 1.54) is 23.2 Å². The fourth-order valence-electron chi connectivity index (χ4n) is 2.46. The fourth-order valence-corrected chi connectivity index (χ4v) is 2.65. The highest BCUT2D eigenvalue weighted by Crippen LogP contribution is 2.36. The number of nitrogens with one attached hydrogen (secondary N) is 1. The van der Waals surface area contributed by atoms with Gasteiger partial charge in [-0.1, -0.05) is 23.7 Å². The highest BCUT2D eigenvalue weighted by molar-refractivity contribution is 6.32. The van der Waals surface area contributed by atoms with Crippen LogP contribution in [0.1, 0.15) is 5.69 Å². The quantitative estimate of drug-likeness (QED) is 0.370. The van der Waals surface area contributed by atoms with Crippen LogP contribution in [-0.4, -0.2) is 14.5 Å². The molecule has 1 heterocycles. The predicted molar refractivity (Wildman–Crippen MR) is 95.8 cm³/mol. The first-order chi connectivity index (χ1) is 14.0. The number of ether oxygens (including phenoxy) is 1. The third-order valence-electron chi connectivity index (χ3n) is 3.76. The van der Waals surface area contributed by atoms with Crippen molar-refractivity contribution in [3.63, 3.8) is 0 Å². The molecular weight excluding hydrogens is 438 g/mol. The molecule has 156 valence electrons. The average molecular weight is 446 g/mol. The van der Waals surface area contributed by atoms with Gasteiger partial charge in [-0.3, -0.25) is 14.9 Å². The van der Waals surface area contributed by atoms with Crippen molar-refractivity contribution < 1.29 is 27.2 Å². The molecule has 0 fully saturated rings. The lowest BCUT2D eigenvalue weighted by Crippen LogP contribution is -2.36. The Morgan fingerprint density at radius 3 is 2.37 bits per heavy atom. The van der Waals surface area contributed by atoms with Crippen molar-refractivity contribution in [3.05, 3.63) is 90.0 Å². The molecule has 1 N–H and O–H groups in total. The monoisotopic (exact) mass is 445 g/mol. The van der Waals surface area contributed by atoms with Gasteiger partial charge in [0.2, 0.25) is 5.75 Å². The van der Waals surface area contributed by atoms with Crippen molar-refractivity contribution in [2.24, 2.45) is 0 Å². The second-order valence-corrected chi connectivity index (χ2v) is 6.13. The predicted octanol–water partition coefficient (Wildman–Crippen LogP) is 4.04. The summed E-state index contributed by atoms with van der Waals surface area (Å²) in [5.74, 6) is -1.88. The van der Waals surface area contributed by atoms with Crippen LogP contribution in [0.25, 0.3) is 5.69 Å². The first-order valence-corrected chi connectivity index (χ1v) is 8.21. The van der Waals surface area contributed by atoms with E-state index < -0.39 is 45.2 Å². The van der Waals surface area contributed by atoms with Crippen molar-refractivity contribution in [1.82, 2.24) is 9.55 Å². The van der Waals surface area contributed by atoms with E-state index in [1.54, 1.807) is 0 Å². The number of hydrogen-bond donors (Lipinski definition) is 1. The number of rotatable bonds is 4. The standard InChI is InChI=1S/C17H8ClF4N3O5/c18-8-5-9(19)11(24-15(26)7-14(17(20,21)22)23-16(24)27)6-13(8)30-12-4-2-1-3-10(12)25(28)29/h1-7H,(H,23,27). The van der Waals surface area contributed by atoms with E-state index in [0.717, 1.165) is 12.1 Å². The number of H-pyrrole nitrogens is 1.